The van der Waals surface area contributed by atoms with Crippen molar-refractivity contribution in [3.63, 3.8) is 0 Å². The van der Waals surface area contributed by atoms with Crippen LogP contribution in [0.2, 0.25) is 0 Å². The Morgan fingerprint density at radius 3 is 0.851 bits per heavy atom. The lowest BCUT2D eigenvalue weighted by Crippen LogP contribution is -2.18. The molecule has 2 N–H and O–H groups in total. The first-order chi connectivity index (χ1) is 35.0. The van der Waals surface area contributed by atoms with Crippen LogP contribution in [0.15, 0.2) is 84.9 Å². The van der Waals surface area contributed by atoms with Gasteiger partial charge in [0.1, 0.15) is 36.2 Å². The first-order valence-corrected chi connectivity index (χ1v) is 27.3. The Kier molecular flexibility index (Phi) is 17.8. The van der Waals surface area contributed by atoms with Crippen LogP contribution in [0.5, 0.6) is 23.0 Å². The maximum atomic E-state index is 9.83. The van der Waals surface area contributed by atoms with E-state index in [0.717, 1.165) is 103 Å². The lowest BCUT2D eigenvalue weighted by atomic mass is 9.79. The van der Waals surface area contributed by atoms with Crippen molar-refractivity contribution in [1.29, 1.82) is 0 Å². The number of fused-ring (bicyclic) bond motifs is 8. The second kappa shape index (κ2) is 23.5. The normalized spacial score (nSPS) is 13.2. The number of hydrogen-bond donors (Lipinski definition) is 2. The molecular weight excluding hydrogens is 917 g/mol. The van der Waals surface area contributed by atoms with Gasteiger partial charge in [0.15, 0.2) is 0 Å². The van der Waals surface area contributed by atoms with E-state index in [1.807, 2.05) is 36.4 Å². The molecule has 2 heterocycles. The Balaban J connectivity index is 1.60. The zero-order chi connectivity index (χ0) is 53.6. The van der Waals surface area contributed by atoms with Gasteiger partial charge >= 0.3 is 0 Å². The largest absolute Gasteiger partial charge is 0.493 e. The van der Waals surface area contributed by atoms with Crippen molar-refractivity contribution < 1.29 is 29.2 Å². The summed E-state index contributed by atoms with van der Waals surface area (Å²) in [4.78, 5) is 9.86. The lowest BCUT2D eigenvalue weighted by Gasteiger charge is -2.29. The van der Waals surface area contributed by atoms with Gasteiger partial charge in [-0.3, -0.25) is 9.97 Å². The average molecular weight is 1000 g/mol. The number of hydrogen-bond acceptors (Lipinski definition) is 8. The summed E-state index contributed by atoms with van der Waals surface area (Å²) < 4.78 is 28.5. The van der Waals surface area contributed by atoms with Crippen LogP contribution in [-0.2, 0) is 73.4 Å². The van der Waals surface area contributed by atoms with Crippen molar-refractivity contribution in [2.75, 3.05) is 26.4 Å². The molecule has 8 nitrogen and oxygen atoms in total. The van der Waals surface area contributed by atoms with Crippen LogP contribution in [0.3, 0.4) is 0 Å². The summed E-state index contributed by atoms with van der Waals surface area (Å²) in [6.07, 6.45) is 4.96. The molecule has 0 amide bonds. The fourth-order valence-electron chi connectivity index (χ4n) is 9.79. The molecule has 0 saturated carbocycles. The molecule has 396 valence electrons. The molecule has 0 spiro atoms. The quantitative estimate of drug-likeness (QED) is 0.0987. The van der Waals surface area contributed by atoms with E-state index in [1.54, 1.807) is 0 Å². The maximum Gasteiger partial charge on any atom is 0.130 e. The summed E-state index contributed by atoms with van der Waals surface area (Å²) in [5, 5.41) is 19.7. The summed E-state index contributed by atoms with van der Waals surface area (Å²) in [5.41, 5.74) is 16.3. The molecular formula is C66H86N2O6. The Bertz CT molecular complexity index is 2590. The molecule has 0 unspecified atom stereocenters. The van der Waals surface area contributed by atoms with Gasteiger partial charge in [0.25, 0.3) is 0 Å². The predicted molar refractivity (Wildman–Crippen MR) is 302 cm³/mol. The van der Waals surface area contributed by atoms with Crippen LogP contribution in [0.25, 0.3) is 0 Å². The van der Waals surface area contributed by atoms with E-state index in [-0.39, 0.29) is 48.1 Å². The van der Waals surface area contributed by atoms with Crippen LogP contribution >= 0.6 is 0 Å². The molecule has 8 heteroatoms. The second-order valence-electron chi connectivity index (χ2n) is 24.7. The number of aliphatic hydroxyl groups excluding tert-OH is 2. The molecule has 4 aromatic carbocycles. The van der Waals surface area contributed by atoms with E-state index in [9.17, 15) is 10.2 Å². The molecule has 0 atom stereocenters. The number of nitrogens with zero attached hydrogens (tertiary/aromatic N) is 2. The van der Waals surface area contributed by atoms with Gasteiger partial charge < -0.3 is 29.2 Å². The van der Waals surface area contributed by atoms with E-state index >= 15 is 0 Å². The molecule has 0 aliphatic heterocycles. The fourth-order valence-corrected chi connectivity index (χ4v) is 9.79. The molecule has 8 bridgehead atoms. The van der Waals surface area contributed by atoms with E-state index in [0.29, 0.717) is 51.7 Å². The fraction of sp³-hybridized carbons (Fsp3) is 0.485. The summed E-state index contributed by atoms with van der Waals surface area (Å²) >= 11 is 0. The van der Waals surface area contributed by atoms with Crippen molar-refractivity contribution in [2.24, 2.45) is 0 Å². The van der Waals surface area contributed by atoms with Crippen LogP contribution in [0, 0.1) is 0 Å². The Hall–Kier alpha value is -5.70. The minimum atomic E-state index is -0.179. The average Bonchev–Trinajstić information content (AvgIpc) is 3.31. The number of aliphatic hydroxyl groups is 2. The number of pyridine rings is 2. The molecule has 0 radical (unpaired) electrons. The Morgan fingerprint density at radius 2 is 0.622 bits per heavy atom. The molecule has 2 aromatic heterocycles. The minimum Gasteiger partial charge on any atom is -0.493 e. The van der Waals surface area contributed by atoms with E-state index in [1.165, 1.54) is 22.3 Å². The topological polar surface area (TPSA) is 103 Å². The molecule has 0 fully saturated rings. The van der Waals surface area contributed by atoms with Crippen molar-refractivity contribution in [1.82, 2.24) is 9.97 Å². The summed E-state index contributed by atoms with van der Waals surface area (Å²) in [6, 6.07) is 30.9. The second-order valence-corrected chi connectivity index (χ2v) is 24.7. The van der Waals surface area contributed by atoms with Crippen LogP contribution in [0.1, 0.15) is 199 Å². The highest BCUT2D eigenvalue weighted by atomic mass is 16.5. The van der Waals surface area contributed by atoms with Gasteiger partial charge in [0.2, 0.25) is 0 Å². The van der Waals surface area contributed by atoms with Crippen LogP contribution < -0.4 is 18.9 Å². The molecule has 0 saturated heterocycles. The standard InChI is InChI=1S/C66H86N2O6/c1-15-27-71-59-43-29-47-37-53(65(9,10)11)39-49(61(47)73-41-57-21-17-19-55(67-57)23-25-69)31-45-35-52(64(6,7)8)36-46(60(45)72-28-16-2)32-50-40-54(66(12,13)14)38-48(30-44(59)34-51(33-43)63(3,4)5)62(50)74-42-58-22-18-20-56(68-58)24-26-70/h17-22,33-40,69-70H,15-16,23-32,41-42H2,1-14H3. The first-order valence-electron chi connectivity index (χ1n) is 27.3. The Morgan fingerprint density at radius 1 is 0.378 bits per heavy atom. The number of rotatable bonds is 16. The van der Waals surface area contributed by atoms with Gasteiger partial charge in [-0.2, -0.15) is 0 Å². The predicted octanol–water partition coefficient (Wildman–Crippen LogP) is 14.1. The van der Waals surface area contributed by atoms with Gasteiger partial charge in [-0.05, 0) is 126 Å². The summed E-state index contributed by atoms with van der Waals surface area (Å²) in [5.74, 6) is 3.50. The van der Waals surface area contributed by atoms with Gasteiger partial charge in [0.05, 0.1) is 24.6 Å². The molecule has 1 aliphatic rings. The number of aromatic nitrogens is 2. The van der Waals surface area contributed by atoms with E-state index in [2.05, 4.69) is 145 Å². The third-order valence-electron chi connectivity index (χ3n) is 14.1. The summed E-state index contributed by atoms with van der Waals surface area (Å²) in [7, 11) is 0. The van der Waals surface area contributed by atoms with E-state index in [4.69, 9.17) is 28.9 Å². The van der Waals surface area contributed by atoms with Gasteiger partial charge in [-0.1, -0.05) is 158 Å². The molecule has 74 heavy (non-hydrogen) atoms. The van der Waals surface area contributed by atoms with Crippen LogP contribution in [-0.4, -0.2) is 46.6 Å². The SMILES string of the molecule is CCCOc1c2cc(C(C)(C)C)cc1Cc1cc(C(C)(C)C)cc(c1OCc1cccc(CCO)n1)Cc1cc(C(C)(C)C)cc(c1OCCC)Cc1cc(C(C)(C)C)cc(c1OCc1cccc(CCO)n1)C2. The molecule has 7 rings (SSSR count). The monoisotopic (exact) mass is 1000 g/mol. The molecule has 6 aromatic rings. The third kappa shape index (κ3) is 14.0. The summed E-state index contributed by atoms with van der Waals surface area (Å²) in [6.45, 7) is 33.6. The highest BCUT2D eigenvalue weighted by Crippen LogP contribution is 2.45. The zero-order valence-electron chi connectivity index (χ0n) is 47.4. The Labute approximate surface area is 444 Å². The van der Waals surface area contributed by atoms with Crippen LogP contribution in [0.4, 0.5) is 0 Å². The highest BCUT2D eigenvalue weighted by molar-refractivity contribution is 5.60. The smallest absolute Gasteiger partial charge is 0.130 e. The minimum absolute atomic E-state index is 0.0327. The third-order valence-corrected chi connectivity index (χ3v) is 14.1. The van der Waals surface area contributed by atoms with E-state index < -0.39 is 0 Å². The van der Waals surface area contributed by atoms with Crippen molar-refractivity contribution in [3.05, 3.63) is 174 Å². The number of benzene rings is 4. The zero-order valence-corrected chi connectivity index (χ0v) is 47.4. The van der Waals surface area contributed by atoms with Gasteiger partial charge in [0, 0.05) is 63.1 Å². The van der Waals surface area contributed by atoms with Crippen molar-refractivity contribution in [3.8, 4) is 23.0 Å². The first kappa shape index (κ1) is 56.0. The van der Waals surface area contributed by atoms with Crippen molar-refractivity contribution in [2.45, 2.75) is 183 Å². The van der Waals surface area contributed by atoms with Gasteiger partial charge in [-0.15, -0.1) is 0 Å². The van der Waals surface area contributed by atoms with Crippen molar-refractivity contribution >= 4 is 0 Å². The maximum absolute atomic E-state index is 9.83. The van der Waals surface area contributed by atoms with Gasteiger partial charge in [-0.25, -0.2) is 0 Å². The molecule has 1 aliphatic carbocycles. The number of ether oxygens (including phenoxy) is 4. The lowest BCUT2D eigenvalue weighted by molar-refractivity contribution is 0.289. The highest BCUT2D eigenvalue weighted by Gasteiger charge is 2.30.